The highest BCUT2D eigenvalue weighted by Crippen LogP contribution is 2.41. The first-order valence-electron chi connectivity index (χ1n) is 13.5. The van der Waals surface area contributed by atoms with Gasteiger partial charge in [0.15, 0.2) is 10.9 Å². The minimum atomic E-state index is -0.431. The molecule has 6 heteroatoms. The Morgan fingerprint density at radius 2 is 1.58 bits per heavy atom. The van der Waals surface area contributed by atoms with E-state index in [1.54, 1.807) is 0 Å². The van der Waals surface area contributed by atoms with Crippen molar-refractivity contribution in [3.8, 4) is 23.0 Å². The van der Waals surface area contributed by atoms with Crippen LogP contribution in [0.1, 0.15) is 62.3 Å². The van der Waals surface area contributed by atoms with E-state index in [-0.39, 0.29) is 16.8 Å². The third kappa shape index (κ3) is 7.64. The first kappa shape index (κ1) is 27.8. The summed E-state index contributed by atoms with van der Waals surface area (Å²) < 4.78 is 18.0. The van der Waals surface area contributed by atoms with Crippen LogP contribution in [-0.4, -0.2) is 24.1 Å². The normalized spacial score (nSPS) is 17.3. The fraction of sp³-hybridized carbons (Fsp3) is 0.375. The lowest BCUT2D eigenvalue weighted by Gasteiger charge is -2.26. The van der Waals surface area contributed by atoms with Crippen molar-refractivity contribution in [1.29, 1.82) is 0 Å². The van der Waals surface area contributed by atoms with Gasteiger partial charge in [-0.1, -0.05) is 62.4 Å². The van der Waals surface area contributed by atoms with E-state index in [0.29, 0.717) is 26.1 Å². The molecule has 0 amide bonds. The summed E-state index contributed by atoms with van der Waals surface area (Å²) in [5.41, 5.74) is 1.99. The van der Waals surface area contributed by atoms with Crippen molar-refractivity contribution >= 4 is 22.7 Å². The number of aryl methyl sites for hydroxylation is 1. The average Bonchev–Trinajstić information content (AvgIpc) is 2.93. The summed E-state index contributed by atoms with van der Waals surface area (Å²) in [7, 11) is 0. The van der Waals surface area contributed by atoms with Crippen molar-refractivity contribution in [1.82, 2.24) is 0 Å². The molecule has 0 spiro atoms. The second-order valence-electron chi connectivity index (χ2n) is 9.49. The highest BCUT2D eigenvalue weighted by molar-refractivity contribution is 8.14. The second-order valence-corrected chi connectivity index (χ2v) is 10.7. The standard InChI is InChI=1S/C32H36O5S/c1-3-11-24-20-28(37-26-13-6-5-7-14-26)16-17-29(24)36-19-9-8-18-35-27-15-10-12-25(21-27)32-31(34)23(4-2)22-30(33)38-32/h5-7,10,12-17,20-21,23,32H,3-4,8-9,11,18-19,22H2,1-2H3. The monoisotopic (exact) mass is 532 g/mol. The third-order valence-corrected chi connectivity index (χ3v) is 7.74. The van der Waals surface area contributed by atoms with E-state index in [9.17, 15) is 9.59 Å². The van der Waals surface area contributed by atoms with E-state index in [0.717, 1.165) is 71.6 Å². The van der Waals surface area contributed by atoms with Gasteiger partial charge in [-0.2, -0.15) is 0 Å². The molecular formula is C32H36O5S. The summed E-state index contributed by atoms with van der Waals surface area (Å²) in [5.74, 6) is 3.22. The summed E-state index contributed by atoms with van der Waals surface area (Å²) in [6.45, 7) is 5.28. The minimum absolute atomic E-state index is 0.0909. The van der Waals surface area contributed by atoms with Gasteiger partial charge in [-0.15, -0.1) is 0 Å². The number of hydrogen-bond donors (Lipinski definition) is 0. The molecule has 1 fully saturated rings. The molecule has 2 unspecified atom stereocenters. The van der Waals surface area contributed by atoms with Gasteiger partial charge >= 0.3 is 0 Å². The van der Waals surface area contributed by atoms with Crippen LogP contribution in [0.15, 0.2) is 72.8 Å². The fourth-order valence-corrected chi connectivity index (χ4v) is 5.68. The first-order chi connectivity index (χ1) is 18.6. The van der Waals surface area contributed by atoms with Gasteiger partial charge in [0.1, 0.15) is 23.0 Å². The van der Waals surface area contributed by atoms with Crippen LogP contribution in [0.4, 0.5) is 0 Å². The van der Waals surface area contributed by atoms with E-state index in [2.05, 4.69) is 13.0 Å². The summed E-state index contributed by atoms with van der Waals surface area (Å²) >= 11 is 1.15. The molecule has 4 rings (SSSR count). The molecule has 0 aliphatic carbocycles. The van der Waals surface area contributed by atoms with Crippen LogP contribution in [-0.2, 0) is 16.0 Å². The van der Waals surface area contributed by atoms with E-state index < -0.39 is 5.25 Å². The van der Waals surface area contributed by atoms with Crippen LogP contribution in [0.2, 0.25) is 0 Å². The number of benzene rings is 3. The number of carbonyl (C=O) groups excluding carboxylic acids is 2. The number of para-hydroxylation sites is 1. The second kappa shape index (κ2) is 14.1. The van der Waals surface area contributed by atoms with Crippen LogP contribution in [0.5, 0.6) is 23.0 Å². The predicted molar refractivity (Wildman–Crippen MR) is 152 cm³/mol. The van der Waals surface area contributed by atoms with Gasteiger partial charge in [0, 0.05) is 12.3 Å². The maximum Gasteiger partial charge on any atom is 0.190 e. The lowest BCUT2D eigenvalue weighted by Crippen LogP contribution is -2.27. The Kier molecular flexibility index (Phi) is 10.3. The van der Waals surface area contributed by atoms with E-state index >= 15 is 0 Å². The molecule has 3 aromatic carbocycles. The summed E-state index contributed by atoms with van der Waals surface area (Å²) in [4.78, 5) is 24.9. The van der Waals surface area contributed by atoms with Gasteiger partial charge in [-0.3, -0.25) is 9.59 Å². The maximum absolute atomic E-state index is 12.8. The number of ketones is 1. The number of hydrogen-bond acceptors (Lipinski definition) is 6. The molecule has 5 nitrogen and oxygen atoms in total. The Bertz CT molecular complexity index is 1210. The molecule has 200 valence electrons. The topological polar surface area (TPSA) is 61.8 Å². The van der Waals surface area contributed by atoms with Gasteiger partial charge in [-0.05, 0) is 79.3 Å². The maximum atomic E-state index is 12.8. The molecule has 2 atom stereocenters. The van der Waals surface area contributed by atoms with Crippen molar-refractivity contribution < 1.29 is 23.8 Å². The third-order valence-electron chi connectivity index (χ3n) is 6.57. The Morgan fingerprint density at radius 1 is 0.816 bits per heavy atom. The first-order valence-corrected chi connectivity index (χ1v) is 14.4. The van der Waals surface area contributed by atoms with E-state index in [4.69, 9.17) is 14.2 Å². The Labute approximate surface area is 229 Å². The smallest absolute Gasteiger partial charge is 0.190 e. The summed E-state index contributed by atoms with van der Waals surface area (Å²) in [5, 5.41) is -0.340. The summed E-state index contributed by atoms with van der Waals surface area (Å²) in [6, 6.07) is 23.4. The molecule has 0 bridgehead atoms. The Morgan fingerprint density at radius 3 is 2.34 bits per heavy atom. The van der Waals surface area contributed by atoms with Gasteiger partial charge in [0.05, 0.1) is 18.5 Å². The van der Waals surface area contributed by atoms with Crippen LogP contribution in [0.25, 0.3) is 0 Å². The molecule has 1 aliphatic heterocycles. The van der Waals surface area contributed by atoms with Gasteiger partial charge < -0.3 is 14.2 Å². The lowest BCUT2D eigenvalue weighted by molar-refractivity contribution is -0.126. The number of unbranched alkanes of at least 4 members (excludes halogenated alkanes) is 1. The van der Waals surface area contributed by atoms with Crippen LogP contribution < -0.4 is 14.2 Å². The molecule has 1 heterocycles. The zero-order valence-electron chi connectivity index (χ0n) is 22.2. The predicted octanol–water partition coefficient (Wildman–Crippen LogP) is 7.97. The zero-order chi connectivity index (χ0) is 26.7. The fourth-order valence-electron chi connectivity index (χ4n) is 4.52. The molecular weight excluding hydrogens is 496 g/mol. The largest absolute Gasteiger partial charge is 0.494 e. The average molecular weight is 533 g/mol. The number of carbonyl (C=O) groups is 2. The molecule has 1 saturated heterocycles. The van der Waals surface area contributed by atoms with E-state index in [1.165, 1.54) is 0 Å². The van der Waals surface area contributed by atoms with Crippen molar-refractivity contribution in [3.05, 3.63) is 83.9 Å². The quantitative estimate of drug-likeness (QED) is 0.208. The lowest BCUT2D eigenvalue weighted by atomic mass is 9.92. The Hall–Kier alpha value is -3.25. The molecule has 1 aliphatic rings. The molecule has 0 N–H and O–H groups in total. The van der Waals surface area contributed by atoms with Crippen LogP contribution in [0, 0.1) is 5.92 Å². The summed E-state index contributed by atoms with van der Waals surface area (Å²) in [6.07, 6.45) is 4.70. The number of thioether (sulfide) groups is 1. The molecule has 0 radical (unpaired) electrons. The number of Topliss-reactive ketones (excluding diaryl/α,β-unsaturated/α-hetero) is 1. The minimum Gasteiger partial charge on any atom is -0.494 e. The van der Waals surface area contributed by atoms with Gasteiger partial charge in [0.2, 0.25) is 0 Å². The highest BCUT2D eigenvalue weighted by Gasteiger charge is 2.36. The van der Waals surface area contributed by atoms with Crippen molar-refractivity contribution in [2.75, 3.05) is 13.2 Å². The van der Waals surface area contributed by atoms with Crippen molar-refractivity contribution in [3.63, 3.8) is 0 Å². The molecule has 0 aromatic heterocycles. The highest BCUT2D eigenvalue weighted by atomic mass is 32.2. The molecule has 38 heavy (non-hydrogen) atoms. The van der Waals surface area contributed by atoms with Crippen LogP contribution in [0.3, 0.4) is 0 Å². The van der Waals surface area contributed by atoms with E-state index in [1.807, 2.05) is 73.7 Å². The van der Waals surface area contributed by atoms with Crippen molar-refractivity contribution in [2.24, 2.45) is 5.92 Å². The SMILES string of the molecule is CCCc1cc(Oc2ccccc2)ccc1OCCCCOc1cccc(C2SC(=O)CC(CC)C2=O)c1. The van der Waals surface area contributed by atoms with Gasteiger partial charge in [0.25, 0.3) is 0 Å². The number of ether oxygens (including phenoxy) is 3. The Balaban J connectivity index is 1.24. The zero-order valence-corrected chi connectivity index (χ0v) is 23.0. The number of rotatable bonds is 13. The van der Waals surface area contributed by atoms with Crippen LogP contribution >= 0.6 is 11.8 Å². The van der Waals surface area contributed by atoms with Gasteiger partial charge in [-0.25, -0.2) is 0 Å². The van der Waals surface area contributed by atoms with Crippen molar-refractivity contribution in [2.45, 2.75) is 57.6 Å². The molecule has 3 aromatic rings. The molecule has 0 saturated carbocycles.